The van der Waals surface area contributed by atoms with E-state index < -0.39 is 5.54 Å². The first-order valence-corrected chi connectivity index (χ1v) is 6.65. The second-order valence-electron chi connectivity index (χ2n) is 4.96. The minimum absolute atomic E-state index is 0.0587. The van der Waals surface area contributed by atoms with Crippen LogP contribution in [0.15, 0.2) is 24.5 Å². The van der Waals surface area contributed by atoms with E-state index in [1.807, 2.05) is 26.0 Å². The summed E-state index contributed by atoms with van der Waals surface area (Å²) in [4.78, 5) is 15.8. The van der Waals surface area contributed by atoms with Gasteiger partial charge in [-0.3, -0.25) is 4.98 Å². The standard InChI is InChI=1S/C14H23N3O2/c1-3-7-14(2,11-18)17-13(19)16-9-6-12-5-4-8-15-10-12/h4-5,8,10,18H,3,6-7,9,11H2,1-2H3,(H2,16,17,19). The summed E-state index contributed by atoms with van der Waals surface area (Å²) in [6.07, 6.45) is 5.91. The van der Waals surface area contributed by atoms with Crippen LogP contribution in [0.4, 0.5) is 4.79 Å². The van der Waals surface area contributed by atoms with Crippen molar-refractivity contribution < 1.29 is 9.90 Å². The Morgan fingerprint density at radius 1 is 1.53 bits per heavy atom. The van der Waals surface area contributed by atoms with Crippen LogP contribution < -0.4 is 10.6 Å². The number of aliphatic hydroxyl groups is 1. The van der Waals surface area contributed by atoms with Crippen LogP contribution in [-0.2, 0) is 6.42 Å². The van der Waals surface area contributed by atoms with Gasteiger partial charge in [-0.15, -0.1) is 0 Å². The number of aromatic nitrogens is 1. The van der Waals surface area contributed by atoms with Gasteiger partial charge >= 0.3 is 6.03 Å². The number of nitrogens with zero attached hydrogens (tertiary/aromatic N) is 1. The lowest BCUT2D eigenvalue weighted by molar-refractivity contribution is 0.163. The number of nitrogens with one attached hydrogen (secondary N) is 2. The maximum atomic E-state index is 11.7. The van der Waals surface area contributed by atoms with Gasteiger partial charge in [-0.05, 0) is 31.4 Å². The van der Waals surface area contributed by atoms with Crippen molar-refractivity contribution in [1.82, 2.24) is 15.6 Å². The molecule has 0 bridgehead atoms. The fourth-order valence-electron chi connectivity index (χ4n) is 1.92. The zero-order valence-corrected chi connectivity index (χ0v) is 11.6. The lowest BCUT2D eigenvalue weighted by Gasteiger charge is -2.28. The Labute approximate surface area is 114 Å². The molecule has 1 aromatic rings. The van der Waals surface area contributed by atoms with Gasteiger partial charge in [0.25, 0.3) is 0 Å². The zero-order chi connectivity index (χ0) is 14.1. The molecule has 3 N–H and O–H groups in total. The van der Waals surface area contributed by atoms with E-state index in [1.54, 1.807) is 12.4 Å². The highest BCUT2D eigenvalue weighted by Crippen LogP contribution is 2.10. The van der Waals surface area contributed by atoms with Crippen LogP contribution in [0, 0.1) is 0 Å². The van der Waals surface area contributed by atoms with Crippen molar-refractivity contribution in [3.8, 4) is 0 Å². The molecule has 0 aliphatic rings. The molecule has 19 heavy (non-hydrogen) atoms. The van der Waals surface area contributed by atoms with Crippen LogP contribution in [0.5, 0.6) is 0 Å². The molecule has 5 heteroatoms. The van der Waals surface area contributed by atoms with Crippen LogP contribution in [0.2, 0.25) is 0 Å². The maximum Gasteiger partial charge on any atom is 0.315 e. The summed E-state index contributed by atoms with van der Waals surface area (Å²) in [6.45, 7) is 4.36. The van der Waals surface area contributed by atoms with Gasteiger partial charge in [-0.1, -0.05) is 19.4 Å². The van der Waals surface area contributed by atoms with Crippen LogP contribution in [0.1, 0.15) is 32.3 Å². The fourth-order valence-corrected chi connectivity index (χ4v) is 1.92. The molecule has 5 nitrogen and oxygen atoms in total. The Hall–Kier alpha value is -1.62. The Morgan fingerprint density at radius 3 is 2.89 bits per heavy atom. The first kappa shape index (κ1) is 15.4. The van der Waals surface area contributed by atoms with Crippen LogP contribution in [0.25, 0.3) is 0 Å². The number of rotatable bonds is 7. The number of aliphatic hydroxyl groups excluding tert-OH is 1. The molecule has 0 spiro atoms. The minimum Gasteiger partial charge on any atom is -0.394 e. The molecule has 1 rings (SSSR count). The van der Waals surface area contributed by atoms with Gasteiger partial charge in [0, 0.05) is 18.9 Å². The molecule has 2 amide bonds. The van der Waals surface area contributed by atoms with E-state index in [0.29, 0.717) is 6.54 Å². The molecule has 1 heterocycles. The summed E-state index contributed by atoms with van der Waals surface area (Å²) >= 11 is 0. The lowest BCUT2D eigenvalue weighted by Crippen LogP contribution is -2.52. The third-order valence-electron chi connectivity index (χ3n) is 2.99. The lowest BCUT2D eigenvalue weighted by atomic mass is 9.98. The molecule has 0 fully saturated rings. The monoisotopic (exact) mass is 265 g/mol. The summed E-state index contributed by atoms with van der Waals surface area (Å²) < 4.78 is 0. The Bertz CT molecular complexity index is 384. The van der Waals surface area contributed by atoms with Crippen molar-refractivity contribution in [1.29, 1.82) is 0 Å². The molecule has 0 aliphatic carbocycles. The summed E-state index contributed by atoms with van der Waals surface area (Å²) in [5, 5.41) is 14.9. The van der Waals surface area contributed by atoms with Crippen molar-refractivity contribution in [3.63, 3.8) is 0 Å². The third kappa shape index (κ3) is 5.70. The SMILES string of the molecule is CCCC(C)(CO)NC(=O)NCCc1cccnc1. The molecule has 106 valence electrons. The van der Waals surface area contributed by atoms with Crippen molar-refractivity contribution >= 4 is 6.03 Å². The van der Waals surface area contributed by atoms with Crippen LogP contribution >= 0.6 is 0 Å². The molecule has 0 saturated heterocycles. The average Bonchev–Trinajstić information content (AvgIpc) is 2.40. The Balaban J connectivity index is 2.31. The number of carbonyl (C=O) groups is 1. The minimum atomic E-state index is -0.548. The summed E-state index contributed by atoms with van der Waals surface area (Å²) in [5.74, 6) is 0. The highest BCUT2D eigenvalue weighted by atomic mass is 16.3. The molecule has 1 unspecified atom stereocenters. The first-order valence-electron chi connectivity index (χ1n) is 6.65. The number of hydrogen-bond donors (Lipinski definition) is 3. The summed E-state index contributed by atoms with van der Waals surface area (Å²) in [6, 6.07) is 3.61. The predicted molar refractivity (Wildman–Crippen MR) is 74.9 cm³/mol. The van der Waals surface area contributed by atoms with E-state index in [4.69, 9.17) is 0 Å². The van der Waals surface area contributed by atoms with E-state index in [-0.39, 0.29) is 12.6 Å². The highest BCUT2D eigenvalue weighted by Gasteiger charge is 2.24. The third-order valence-corrected chi connectivity index (χ3v) is 2.99. The van der Waals surface area contributed by atoms with Gasteiger partial charge in [0.15, 0.2) is 0 Å². The van der Waals surface area contributed by atoms with E-state index in [1.165, 1.54) is 0 Å². The molecular formula is C14H23N3O2. The number of carbonyl (C=O) groups excluding carboxylic acids is 1. The van der Waals surface area contributed by atoms with E-state index in [0.717, 1.165) is 24.8 Å². The van der Waals surface area contributed by atoms with Crippen LogP contribution in [-0.4, -0.2) is 34.8 Å². The topological polar surface area (TPSA) is 74.2 Å². The predicted octanol–water partition coefficient (Wildman–Crippen LogP) is 1.47. The average molecular weight is 265 g/mol. The van der Waals surface area contributed by atoms with Gasteiger partial charge in [0.1, 0.15) is 0 Å². The molecule has 0 radical (unpaired) electrons. The van der Waals surface area contributed by atoms with Crippen molar-refractivity contribution in [2.45, 2.75) is 38.6 Å². The fraction of sp³-hybridized carbons (Fsp3) is 0.571. The van der Waals surface area contributed by atoms with Crippen LogP contribution in [0.3, 0.4) is 0 Å². The van der Waals surface area contributed by atoms with E-state index in [2.05, 4.69) is 15.6 Å². The molecule has 0 saturated carbocycles. The van der Waals surface area contributed by atoms with E-state index in [9.17, 15) is 9.90 Å². The van der Waals surface area contributed by atoms with Gasteiger partial charge in [0.05, 0.1) is 12.1 Å². The number of amides is 2. The summed E-state index contributed by atoms with van der Waals surface area (Å²) in [5.41, 5.74) is 0.536. The highest BCUT2D eigenvalue weighted by molar-refractivity contribution is 5.74. The normalized spacial score (nSPS) is 13.6. The largest absolute Gasteiger partial charge is 0.394 e. The van der Waals surface area contributed by atoms with Crippen molar-refractivity contribution in [3.05, 3.63) is 30.1 Å². The van der Waals surface area contributed by atoms with Gasteiger partial charge in [-0.2, -0.15) is 0 Å². The number of pyridine rings is 1. The second-order valence-corrected chi connectivity index (χ2v) is 4.96. The zero-order valence-electron chi connectivity index (χ0n) is 11.6. The van der Waals surface area contributed by atoms with Gasteiger partial charge in [0.2, 0.25) is 0 Å². The van der Waals surface area contributed by atoms with Crippen molar-refractivity contribution in [2.24, 2.45) is 0 Å². The molecule has 1 atom stereocenters. The van der Waals surface area contributed by atoms with Gasteiger partial charge < -0.3 is 15.7 Å². The van der Waals surface area contributed by atoms with Crippen molar-refractivity contribution in [2.75, 3.05) is 13.2 Å². The Kier molecular flexibility index (Phi) is 6.29. The number of urea groups is 1. The second kappa shape index (κ2) is 7.74. The van der Waals surface area contributed by atoms with E-state index >= 15 is 0 Å². The first-order chi connectivity index (χ1) is 9.09. The maximum absolute atomic E-state index is 11.7. The Morgan fingerprint density at radius 2 is 2.32 bits per heavy atom. The summed E-state index contributed by atoms with van der Waals surface area (Å²) in [7, 11) is 0. The molecule has 1 aromatic heterocycles. The molecule has 0 aliphatic heterocycles. The van der Waals surface area contributed by atoms with Gasteiger partial charge in [-0.25, -0.2) is 4.79 Å². The quantitative estimate of drug-likeness (QED) is 0.699. The molecular weight excluding hydrogens is 242 g/mol. The smallest absolute Gasteiger partial charge is 0.315 e. The molecule has 0 aromatic carbocycles. The number of hydrogen-bond acceptors (Lipinski definition) is 3.